The Kier molecular flexibility index (Phi) is 4.90. The predicted octanol–water partition coefficient (Wildman–Crippen LogP) is 4.04. The molecule has 3 aromatic heterocycles. The van der Waals surface area contributed by atoms with Crippen LogP contribution in [0.5, 0.6) is 0 Å². The van der Waals surface area contributed by atoms with E-state index in [1.54, 1.807) is 18.4 Å². The molecule has 1 N–H and O–H groups in total. The molecule has 1 amide bonds. The van der Waals surface area contributed by atoms with Gasteiger partial charge in [-0.15, -0.1) is 10.2 Å². The molecule has 0 saturated heterocycles. The Balaban J connectivity index is 1.43. The topological polar surface area (TPSA) is 85.8 Å². The Morgan fingerprint density at radius 3 is 3.04 bits per heavy atom. The zero-order chi connectivity index (χ0) is 18.8. The molecule has 138 valence electrons. The number of nitrogens with one attached hydrogen (secondary N) is 1. The number of furan rings is 1. The minimum Gasteiger partial charge on any atom is -0.461 e. The van der Waals surface area contributed by atoms with Gasteiger partial charge in [-0.2, -0.15) is 0 Å². The number of aromatic nitrogens is 4. The zero-order valence-corrected chi connectivity index (χ0v) is 15.8. The van der Waals surface area contributed by atoms with Crippen LogP contribution < -0.4 is 5.32 Å². The Morgan fingerprint density at radius 1 is 1.37 bits per heavy atom. The van der Waals surface area contributed by atoms with Crippen LogP contribution in [0.4, 0.5) is 9.52 Å². The van der Waals surface area contributed by atoms with Crippen LogP contribution in [0, 0.1) is 5.82 Å². The third-order valence-corrected chi connectivity index (χ3v) is 5.60. The Labute approximate surface area is 161 Å². The molecule has 0 spiro atoms. The summed E-state index contributed by atoms with van der Waals surface area (Å²) in [7, 11) is 0. The summed E-state index contributed by atoms with van der Waals surface area (Å²) in [6.07, 6.45) is 1.58. The van der Waals surface area contributed by atoms with Gasteiger partial charge in [0.1, 0.15) is 5.82 Å². The lowest BCUT2D eigenvalue weighted by atomic mass is 10.3. The maximum atomic E-state index is 13.3. The van der Waals surface area contributed by atoms with Gasteiger partial charge in [-0.25, -0.2) is 9.37 Å². The van der Waals surface area contributed by atoms with Gasteiger partial charge in [-0.05, 0) is 37.3 Å². The second-order valence-corrected chi connectivity index (χ2v) is 7.47. The van der Waals surface area contributed by atoms with Gasteiger partial charge >= 0.3 is 0 Å². The third-order valence-electron chi connectivity index (χ3n) is 3.70. The minimum absolute atomic E-state index is 0.153. The van der Waals surface area contributed by atoms with Crippen molar-refractivity contribution in [2.24, 2.45) is 0 Å². The summed E-state index contributed by atoms with van der Waals surface area (Å²) in [5, 5.41) is 12.1. The quantitative estimate of drug-likeness (QED) is 0.489. The summed E-state index contributed by atoms with van der Waals surface area (Å²) < 4.78 is 21.2. The zero-order valence-electron chi connectivity index (χ0n) is 14.2. The van der Waals surface area contributed by atoms with Crippen LogP contribution in [0.25, 0.3) is 21.8 Å². The number of hydrogen-bond acceptors (Lipinski definition) is 7. The second-order valence-electron chi connectivity index (χ2n) is 5.50. The summed E-state index contributed by atoms with van der Waals surface area (Å²) in [4.78, 5) is 16.5. The molecule has 3 heterocycles. The summed E-state index contributed by atoms with van der Waals surface area (Å²) in [6.45, 7) is 2.62. The molecule has 0 radical (unpaired) electrons. The number of carbonyl (C=O) groups excluding carboxylic acids is 1. The molecule has 4 rings (SSSR count). The van der Waals surface area contributed by atoms with Gasteiger partial charge in [0.05, 0.1) is 22.2 Å². The van der Waals surface area contributed by atoms with Gasteiger partial charge in [0.2, 0.25) is 5.91 Å². The molecule has 0 atom stereocenters. The molecule has 0 aliphatic rings. The first-order chi connectivity index (χ1) is 13.1. The predicted molar refractivity (Wildman–Crippen MR) is 102 cm³/mol. The van der Waals surface area contributed by atoms with E-state index in [2.05, 4.69) is 20.5 Å². The van der Waals surface area contributed by atoms with Gasteiger partial charge < -0.3 is 9.73 Å². The van der Waals surface area contributed by atoms with E-state index in [1.165, 1.54) is 35.2 Å². The summed E-state index contributed by atoms with van der Waals surface area (Å²) in [5.74, 6) is 0.858. The average Bonchev–Trinajstić information content (AvgIpc) is 3.37. The maximum absolute atomic E-state index is 13.3. The van der Waals surface area contributed by atoms with Crippen molar-refractivity contribution in [2.75, 3.05) is 11.1 Å². The standard InChI is InChI=1S/C17H14FN5O2S2/c1-2-23-15(12-4-3-7-25-12)21-22-17(23)26-9-14(24)20-16-19-11-6-5-10(18)8-13(11)27-16/h3-8H,2,9H2,1H3,(H,19,20,24). The number of benzene rings is 1. The SMILES string of the molecule is CCn1c(SCC(=O)Nc2nc3ccc(F)cc3s2)nnc1-c1ccco1. The van der Waals surface area contributed by atoms with Crippen molar-refractivity contribution in [1.29, 1.82) is 0 Å². The molecule has 0 bridgehead atoms. The Hall–Kier alpha value is -2.72. The van der Waals surface area contributed by atoms with E-state index in [-0.39, 0.29) is 17.5 Å². The molecular formula is C17H14FN5O2S2. The maximum Gasteiger partial charge on any atom is 0.236 e. The van der Waals surface area contributed by atoms with E-state index in [0.717, 1.165) is 0 Å². The smallest absolute Gasteiger partial charge is 0.236 e. The fraction of sp³-hybridized carbons (Fsp3) is 0.176. The van der Waals surface area contributed by atoms with E-state index >= 15 is 0 Å². The molecule has 0 saturated carbocycles. The van der Waals surface area contributed by atoms with E-state index < -0.39 is 0 Å². The van der Waals surface area contributed by atoms with Gasteiger partial charge in [-0.3, -0.25) is 9.36 Å². The van der Waals surface area contributed by atoms with Gasteiger partial charge in [-0.1, -0.05) is 23.1 Å². The number of thiazole rings is 1. The summed E-state index contributed by atoms with van der Waals surface area (Å²) >= 11 is 2.51. The molecule has 4 aromatic rings. The van der Waals surface area contributed by atoms with Crippen molar-refractivity contribution in [3.63, 3.8) is 0 Å². The number of anilines is 1. The Bertz CT molecular complexity index is 1090. The average molecular weight is 403 g/mol. The fourth-order valence-electron chi connectivity index (χ4n) is 2.51. The van der Waals surface area contributed by atoms with Crippen molar-refractivity contribution < 1.29 is 13.6 Å². The number of nitrogens with zero attached hydrogens (tertiary/aromatic N) is 4. The molecule has 0 unspecified atom stereocenters. The number of carbonyl (C=O) groups is 1. The van der Waals surface area contributed by atoms with E-state index in [4.69, 9.17) is 4.42 Å². The number of hydrogen-bond donors (Lipinski definition) is 1. The van der Waals surface area contributed by atoms with E-state index in [0.29, 0.717) is 38.6 Å². The molecule has 27 heavy (non-hydrogen) atoms. The van der Waals surface area contributed by atoms with Crippen molar-refractivity contribution in [1.82, 2.24) is 19.7 Å². The molecule has 0 fully saturated rings. The van der Waals surface area contributed by atoms with Crippen molar-refractivity contribution in [3.05, 3.63) is 42.4 Å². The number of amides is 1. The first-order valence-electron chi connectivity index (χ1n) is 8.10. The normalized spacial score (nSPS) is 11.2. The molecule has 7 nitrogen and oxygen atoms in total. The number of rotatable bonds is 6. The van der Waals surface area contributed by atoms with Gasteiger partial charge in [0, 0.05) is 6.54 Å². The molecule has 0 aliphatic heterocycles. The van der Waals surface area contributed by atoms with Crippen LogP contribution in [-0.2, 0) is 11.3 Å². The highest BCUT2D eigenvalue weighted by Gasteiger charge is 2.16. The van der Waals surface area contributed by atoms with Crippen LogP contribution in [0.3, 0.4) is 0 Å². The van der Waals surface area contributed by atoms with Crippen molar-refractivity contribution in [3.8, 4) is 11.6 Å². The van der Waals surface area contributed by atoms with Crippen LogP contribution in [-0.4, -0.2) is 31.4 Å². The number of halogens is 1. The molecule has 10 heteroatoms. The van der Waals surface area contributed by atoms with Gasteiger partial charge in [0.25, 0.3) is 0 Å². The molecular weight excluding hydrogens is 389 g/mol. The van der Waals surface area contributed by atoms with Crippen LogP contribution >= 0.6 is 23.1 Å². The number of thioether (sulfide) groups is 1. The van der Waals surface area contributed by atoms with E-state index in [1.807, 2.05) is 17.6 Å². The summed E-state index contributed by atoms with van der Waals surface area (Å²) in [5.41, 5.74) is 0.651. The largest absolute Gasteiger partial charge is 0.461 e. The lowest BCUT2D eigenvalue weighted by Crippen LogP contribution is -2.14. The molecule has 1 aromatic carbocycles. The van der Waals surface area contributed by atoms with Crippen molar-refractivity contribution in [2.45, 2.75) is 18.6 Å². The fourth-order valence-corrected chi connectivity index (χ4v) is 4.22. The first kappa shape index (κ1) is 17.7. The first-order valence-corrected chi connectivity index (χ1v) is 9.90. The van der Waals surface area contributed by atoms with E-state index in [9.17, 15) is 9.18 Å². The van der Waals surface area contributed by atoms with Crippen LogP contribution in [0.1, 0.15) is 6.92 Å². The third kappa shape index (κ3) is 3.71. The number of fused-ring (bicyclic) bond motifs is 1. The lowest BCUT2D eigenvalue weighted by Gasteiger charge is -2.05. The van der Waals surface area contributed by atoms with Crippen LogP contribution in [0.2, 0.25) is 0 Å². The molecule has 0 aliphatic carbocycles. The Morgan fingerprint density at radius 2 is 2.26 bits per heavy atom. The minimum atomic E-state index is -0.328. The second kappa shape index (κ2) is 7.49. The highest BCUT2D eigenvalue weighted by Crippen LogP contribution is 2.27. The van der Waals surface area contributed by atoms with Crippen LogP contribution in [0.15, 0.2) is 46.2 Å². The summed E-state index contributed by atoms with van der Waals surface area (Å²) in [6, 6.07) is 7.93. The highest BCUT2D eigenvalue weighted by molar-refractivity contribution is 7.99. The monoisotopic (exact) mass is 403 g/mol. The lowest BCUT2D eigenvalue weighted by molar-refractivity contribution is -0.113. The highest BCUT2D eigenvalue weighted by atomic mass is 32.2. The van der Waals surface area contributed by atoms with Crippen molar-refractivity contribution >= 4 is 44.4 Å². The van der Waals surface area contributed by atoms with Gasteiger partial charge in [0.15, 0.2) is 21.9 Å².